The van der Waals surface area contributed by atoms with Crippen LogP contribution in [0.25, 0.3) is 0 Å². The van der Waals surface area contributed by atoms with Gasteiger partial charge < -0.3 is 10.5 Å². The molecule has 98 valence electrons. The van der Waals surface area contributed by atoms with Crippen molar-refractivity contribution in [1.82, 2.24) is 0 Å². The summed E-state index contributed by atoms with van der Waals surface area (Å²) in [7, 11) is 1.35. The Kier molecular flexibility index (Phi) is 4.12. The summed E-state index contributed by atoms with van der Waals surface area (Å²) < 4.78 is 4.72. The maximum Gasteiger partial charge on any atom is 0.339 e. The lowest BCUT2D eigenvalue weighted by Crippen LogP contribution is -2.05. The van der Waals surface area contributed by atoms with E-state index >= 15 is 0 Å². The molecule has 2 aromatic rings. The van der Waals surface area contributed by atoms with E-state index in [-0.39, 0.29) is 0 Å². The molecule has 19 heavy (non-hydrogen) atoms. The van der Waals surface area contributed by atoms with Crippen molar-refractivity contribution in [3.63, 3.8) is 0 Å². The molecule has 0 aliphatic carbocycles. The van der Waals surface area contributed by atoms with Crippen molar-refractivity contribution in [2.45, 2.75) is 16.7 Å². The molecular formula is C15H15NO2S. The molecule has 0 bridgehead atoms. The fourth-order valence-electron chi connectivity index (χ4n) is 1.68. The number of hydrogen-bond acceptors (Lipinski definition) is 4. The summed E-state index contributed by atoms with van der Waals surface area (Å²) in [5.74, 6) is -0.412. The van der Waals surface area contributed by atoms with E-state index in [1.165, 1.54) is 12.7 Å². The third-order valence-electron chi connectivity index (χ3n) is 2.75. The zero-order chi connectivity index (χ0) is 13.8. The average molecular weight is 273 g/mol. The monoisotopic (exact) mass is 273 g/mol. The number of esters is 1. The minimum Gasteiger partial charge on any atom is -0.465 e. The number of carbonyl (C=O) groups is 1. The van der Waals surface area contributed by atoms with Crippen LogP contribution in [0.2, 0.25) is 0 Å². The normalized spacial score (nSPS) is 10.2. The number of aryl methyl sites for hydroxylation is 1. The second kappa shape index (κ2) is 5.80. The van der Waals surface area contributed by atoms with Gasteiger partial charge in [0.05, 0.1) is 12.7 Å². The van der Waals surface area contributed by atoms with Crippen LogP contribution in [0.3, 0.4) is 0 Å². The van der Waals surface area contributed by atoms with Gasteiger partial charge in [-0.3, -0.25) is 0 Å². The van der Waals surface area contributed by atoms with Crippen LogP contribution in [0, 0.1) is 6.92 Å². The Morgan fingerprint density at radius 2 is 1.95 bits per heavy atom. The number of nitrogen functional groups attached to an aromatic ring is 1. The summed E-state index contributed by atoms with van der Waals surface area (Å²) in [5, 5.41) is 0. The molecule has 0 saturated heterocycles. The third kappa shape index (κ3) is 3.09. The van der Waals surface area contributed by atoms with E-state index in [0.29, 0.717) is 11.3 Å². The SMILES string of the molecule is COC(=O)c1cc(Sc2ccccc2C)ccc1N. The number of hydrogen-bond donors (Lipinski definition) is 1. The van der Waals surface area contributed by atoms with Crippen LogP contribution < -0.4 is 5.73 Å². The molecule has 0 unspecified atom stereocenters. The lowest BCUT2D eigenvalue weighted by molar-refractivity contribution is 0.0601. The fourth-order valence-corrected chi connectivity index (χ4v) is 2.63. The van der Waals surface area contributed by atoms with Gasteiger partial charge in [-0.1, -0.05) is 30.0 Å². The molecule has 3 nitrogen and oxygen atoms in total. The summed E-state index contributed by atoms with van der Waals surface area (Å²) in [6, 6.07) is 13.5. The van der Waals surface area contributed by atoms with Gasteiger partial charge in [-0.15, -0.1) is 0 Å². The highest BCUT2D eigenvalue weighted by Gasteiger charge is 2.11. The van der Waals surface area contributed by atoms with Gasteiger partial charge in [0.15, 0.2) is 0 Å². The third-order valence-corrected chi connectivity index (χ3v) is 3.92. The predicted octanol–water partition coefficient (Wildman–Crippen LogP) is 3.52. The first-order valence-corrected chi connectivity index (χ1v) is 6.65. The Balaban J connectivity index is 2.32. The molecule has 0 radical (unpaired) electrons. The topological polar surface area (TPSA) is 52.3 Å². The Labute approximate surface area is 116 Å². The van der Waals surface area contributed by atoms with Gasteiger partial charge in [0.2, 0.25) is 0 Å². The minimum absolute atomic E-state index is 0.404. The lowest BCUT2D eigenvalue weighted by atomic mass is 10.2. The second-order valence-electron chi connectivity index (χ2n) is 4.11. The first-order chi connectivity index (χ1) is 9.11. The van der Waals surface area contributed by atoms with Crippen molar-refractivity contribution in [2.24, 2.45) is 0 Å². The molecule has 0 aliphatic heterocycles. The number of methoxy groups -OCH3 is 1. The maximum atomic E-state index is 11.6. The molecule has 2 aromatic carbocycles. The standard InChI is InChI=1S/C15H15NO2S/c1-10-5-3-4-6-14(10)19-11-7-8-13(16)12(9-11)15(17)18-2/h3-9H,16H2,1-2H3. The van der Waals surface area contributed by atoms with E-state index in [0.717, 1.165) is 9.79 Å². The molecule has 2 N–H and O–H groups in total. The van der Waals surface area contributed by atoms with Gasteiger partial charge in [-0.05, 0) is 36.8 Å². The van der Waals surface area contributed by atoms with Crippen LogP contribution >= 0.6 is 11.8 Å². The first kappa shape index (κ1) is 13.5. The van der Waals surface area contributed by atoms with Crippen LogP contribution in [-0.4, -0.2) is 13.1 Å². The smallest absolute Gasteiger partial charge is 0.339 e. The number of carbonyl (C=O) groups excluding carboxylic acids is 1. The van der Waals surface area contributed by atoms with Gasteiger partial charge in [-0.25, -0.2) is 4.79 Å². The molecular weight excluding hydrogens is 258 g/mol. The summed E-state index contributed by atoms with van der Waals surface area (Å²) >= 11 is 1.60. The van der Waals surface area contributed by atoms with E-state index < -0.39 is 5.97 Å². The van der Waals surface area contributed by atoms with Crippen molar-refractivity contribution >= 4 is 23.4 Å². The van der Waals surface area contributed by atoms with Crippen LogP contribution in [0.15, 0.2) is 52.3 Å². The molecule has 4 heteroatoms. The number of ether oxygens (including phenoxy) is 1. The van der Waals surface area contributed by atoms with Crippen LogP contribution in [0.5, 0.6) is 0 Å². The Bertz CT molecular complexity index is 611. The summed E-state index contributed by atoms with van der Waals surface area (Å²) in [5.41, 5.74) is 7.81. The molecule has 0 saturated carbocycles. The average Bonchev–Trinajstić information content (AvgIpc) is 2.42. The number of benzene rings is 2. The van der Waals surface area contributed by atoms with Gasteiger partial charge in [0.1, 0.15) is 0 Å². The van der Waals surface area contributed by atoms with Crippen molar-refractivity contribution in [3.05, 3.63) is 53.6 Å². The van der Waals surface area contributed by atoms with E-state index in [1.54, 1.807) is 23.9 Å². The van der Waals surface area contributed by atoms with Crippen LogP contribution in [0.1, 0.15) is 15.9 Å². The number of nitrogens with two attached hydrogens (primary N) is 1. The molecule has 0 amide bonds. The van der Waals surface area contributed by atoms with E-state index in [2.05, 4.69) is 13.0 Å². The van der Waals surface area contributed by atoms with Crippen molar-refractivity contribution in [1.29, 1.82) is 0 Å². The number of anilines is 1. The largest absolute Gasteiger partial charge is 0.465 e. The summed E-state index contributed by atoms with van der Waals surface area (Å²) in [6.07, 6.45) is 0. The highest BCUT2D eigenvalue weighted by molar-refractivity contribution is 7.99. The minimum atomic E-state index is -0.412. The molecule has 0 aromatic heterocycles. The predicted molar refractivity (Wildman–Crippen MR) is 77.5 cm³/mol. The van der Waals surface area contributed by atoms with Crippen LogP contribution in [0.4, 0.5) is 5.69 Å². The lowest BCUT2D eigenvalue weighted by Gasteiger charge is -2.08. The molecule has 0 aliphatic rings. The van der Waals surface area contributed by atoms with Crippen molar-refractivity contribution in [3.8, 4) is 0 Å². The first-order valence-electron chi connectivity index (χ1n) is 5.83. The summed E-state index contributed by atoms with van der Waals surface area (Å²) in [4.78, 5) is 13.7. The van der Waals surface area contributed by atoms with Crippen molar-refractivity contribution < 1.29 is 9.53 Å². The Hall–Kier alpha value is -1.94. The second-order valence-corrected chi connectivity index (χ2v) is 5.22. The maximum absolute atomic E-state index is 11.6. The zero-order valence-electron chi connectivity index (χ0n) is 10.8. The van der Waals surface area contributed by atoms with Gasteiger partial charge in [0, 0.05) is 15.5 Å². The Morgan fingerprint density at radius 1 is 1.21 bits per heavy atom. The zero-order valence-corrected chi connectivity index (χ0v) is 11.7. The van der Waals surface area contributed by atoms with Crippen LogP contribution in [-0.2, 0) is 4.74 Å². The van der Waals surface area contributed by atoms with E-state index in [9.17, 15) is 4.79 Å². The highest BCUT2D eigenvalue weighted by atomic mass is 32.2. The van der Waals surface area contributed by atoms with Gasteiger partial charge in [-0.2, -0.15) is 0 Å². The van der Waals surface area contributed by atoms with Crippen molar-refractivity contribution in [2.75, 3.05) is 12.8 Å². The number of rotatable bonds is 3. The summed E-state index contributed by atoms with van der Waals surface area (Å²) in [6.45, 7) is 2.06. The van der Waals surface area contributed by atoms with E-state index in [1.807, 2.05) is 24.3 Å². The fraction of sp³-hybridized carbons (Fsp3) is 0.133. The quantitative estimate of drug-likeness (QED) is 0.686. The van der Waals surface area contributed by atoms with Gasteiger partial charge >= 0.3 is 5.97 Å². The molecule has 0 heterocycles. The highest BCUT2D eigenvalue weighted by Crippen LogP contribution is 2.31. The van der Waals surface area contributed by atoms with E-state index in [4.69, 9.17) is 10.5 Å². The molecule has 0 fully saturated rings. The molecule has 2 rings (SSSR count). The Morgan fingerprint density at radius 3 is 2.63 bits per heavy atom. The molecule has 0 spiro atoms. The van der Waals surface area contributed by atoms with Gasteiger partial charge in [0.25, 0.3) is 0 Å². The molecule has 0 atom stereocenters.